The summed E-state index contributed by atoms with van der Waals surface area (Å²) in [6, 6.07) is 4.36. The van der Waals surface area contributed by atoms with Gasteiger partial charge in [-0.2, -0.15) is 5.10 Å². The first-order valence-corrected chi connectivity index (χ1v) is 10.8. The lowest BCUT2D eigenvalue weighted by molar-refractivity contribution is 0.178. The maximum Gasteiger partial charge on any atom is 0.172 e. The number of phenols is 1. The van der Waals surface area contributed by atoms with Gasteiger partial charge in [0.15, 0.2) is 11.6 Å². The highest BCUT2D eigenvalue weighted by atomic mass is 19.2. The molecule has 0 saturated carbocycles. The van der Waals surface area contributed by atoms with Crippen LogP contribution in [0.5, 0.6) is 5.75 Å². The van der Waals surface area contributed by atoms with Gasteiger partial charge in [-0.15, -0.1) is 10.2 Å². The largest absolute Gasteiger partial charge is 0.507 e. The summed E-state index contributed by atoms with van der Waals surface area (Å²) >= 11 is 0. The number of hydrogen-bond acceptors (Lipinski definition) is 6. The normalized spacial score (nSPS) is 26.9. The lowest BCUT2D eigenvalue weighted by atomic mass is 9.80. The third-order valence-corrected chi connectivity index (χ3v) is 6.80. The molecular weight excluding hydrogens is 414 g/mol. The summed E-state index contributed by atoms with van der Waals surface area (Å²) < 4.78 is 29.4. The number of anilines is 1. The number of rotatable bonds is 5. The van der Waals surface area contributed by atoms with Crippen molar-refractivity contribution >= 4 is 5.82 Å². The molecule has 4 heterocycles. The second-order valence-electron chi connectivity index (χ2n) is 9.64. The molecule has 5 rings (SSSR count). The highest BCUT2D eigenvalue weighted by Gasteiger charge is 2.48. The summed E-state index contributed by atoms with van der Waals surface area (Å²) in [7, 11) is 0. The Balaban J connectivity index is 1.32. The fourth-order valence-electron chi connectivity index (χ4n) is 5.48. The van der Waals surface area contributed by atoms with Crippen LogP contribution in [0.4, 0.5) is 14.6 Å². The number of halogens is 2. The average Bonchev–Trinajstić information content (AvgIpc) is 3.36. The molecule has 2 fully saturated rings. The first kappa shape index (κ1) is 20.8. The number of benzene rings is 1. The van der Waals surface area contributed by atoms with Gasteiger partial charge in [0, 0.05) is 34.9 Å². The van der Waals surface area contributed by atoms with Gasteiger partial charge in [0.1, 0.15) is 11.6 Å². The van der Waals surface area contributed by atoms with Crippen molar-refractivity contribution in [1.82, 2.24) is 25.7 Å². The van der Waals surface area contributed by atoms with E-state index in [9.17, 15) is 13.9 Å². The topological polar surface area (TPSA) is 98.8 Å². The first-order valence-electron chi connectivity index (χ1n) is 10.8. The minimum Gasteiger partial charge on any atom is -0.507 e. The fourth-order valence-corrected chi connectivity index (χ4v) is 5.48. The number of hydrogen-bond donors (Lipinski definition) is 4. The molecule has 2 aliphatic heterocycles. The van der Waals surface area contributed by atoms with Crippen molar-refractivity contribution in [2.24, 2.45) is 5.92 Å². The molecule has 2 saturated heterocycles. The molecule has 2 atom stereocenters. The Bertz CT molecular complexity index is 1120. The monoisotopic (exact) mass is 440 g/mol. The molecule has 9 heteroatoms. The molecule has 0 spiro atoms. The Morgan fingerprint density at radius 2 is 1.88 bits per heavy atom. The summed E-state index contributed by atoms with van der Waals surface area (Å²) in [4.78, 5) is 0. The molecule has 0 radical (unpaired) electrons. The Morgan fingerprint density at radius 3 is 2.50 bits per heavy atom. The van der Waals surface area contributed by atoms with Crippen molar-refractivity contribution in [1.29, 1.82) is 0 Å². The van der Waals surface area contributed by atoms with Gasteiger partial charge in [-0.3, -0.25) is 5.10 Å². The van der Waals surface area contributed by atoms with Crippen LogP contribution in [0, 0.1) is 17.6 Å². The van der Waals surface area contributed by atoms with Crippen molar-refractivity contribution in [2.45, 2.75) is 50.6 Å². The second kappa shape index (κ2) is 7.51. The number of phenolic OH excluding ortho intramolecular Hbond substituents is 1. The van der Waals surface area contributed by atoms with Crippen LogP contribution in [0.2, 0.25) is 0 Å². The number of H-pyrrole nitrogens is 1. The van der Waals surface area contributed by atoms with Crippen LogP contribution in [0.3, 0.4) is 0 Å². The Morgan fingerprint density at radius 1 is 1.12 bits per heavy atom. The van der Waals surface area contributed by atoms with E-state index in [1.807, 2.05) is 0 Å². The Hall–Kier alpha value is -3.07. The van der Waals surface area contributed by atoms with Crippen LogP contribution in [-0.4, -0.2) is 43.1 Å². The quantitative estimate of drug-likeness (QED) is 0.474. The lowest BCUT2D eigenvalue weighted by Crippen LogP contribution is -2.54. The number of piperidine rings is 1. The molecule has 168 valence electrons. The van der Waals surface area contributed by atoms with E-state index in [2.05, 4.69) is 44.9 Å². The van der Waals surface area contributed by atoms with E-state index in [1.54, 1.807) is 6.07 Å². The summed E-state index contributed by atoms with van der Waals surface area (Å²) in [5.74, 6) is -1.60. The van der Waals surface area contributed by atoms with Gasteiger partial charge in [-0.05, 0) is 63.6 Å². The lowest BCUT2D eigenvalue weighted by Gasteiger charge is -2.42. The van der Waals surface area contributed by atoms with Gasteiger partial charge in [-0.25, -0.2) is 8.78 Å². The van der Waals surface area contributed by atoms with E-state index < -0.39 is 17.4 Å². The van der Waals surface area contributed by atoms with E-state index in [0.717, 1.165) is 19.4 Å². The minimum atomic E-state index is -1.18. The standard InChI is InChI=1S/C23H26F2N6O/c1-22-5-6-23(2,31-22)9-13(8-22)10-26-18-4-3-16(29-30-18)19-17(32)7-15(20(24)21(19)25)14-11-27-28-12-14/h3-4,7,11-13,31-32H,5-6,8-10H2,1-2H3,(H,26,30)(H,27,28). The van der Waals surface area contributed by atoms with Crippen LogP contribution in [0.15, 0.2) is 30.6 Å². The number of aromatic hydroxyl groups is 1. The number of aromatic amines is 1. The predicted molar refractivity (Wildman–Crippen MR) is 117 cm³/mol. The van der Waals surface area contributed by atoms with E-state index in [4.69, 9.17) is 0 Å². The highest BCUT2D eigenvalue weighted by Crippen LogP contribution is 2.44. The molecule has 2 aliphatic rings. The molecule has 0 aliphatic carbocycles. The summed E-state index contributed by atoms with van der Waals surface area (Å²) in [6.07, 6.45) is 7.36. The van der Waals surface area contributed by atoms with Gasteiger partial charge >= 0.3 is 0 Å². The summed E-state index contributed by atoms with van der Waals surface area (Å²) in [6.45, 7) is 5.35. The van der Waals surface area contributed by atoms with Crippen LogP contribution in [0.25, 0.3) is 22.4 Å². The molecule has 4 N–H and O–H groups in total. The van der Waals surface area contributed by atoms with Crippen LogP contribution in [-0.2, 0) is 0 Å². The molecule has 0 amide bonds. The van der Waals surface area contributed by atoms with Gasteiger partial charge in [-0.1, -0.05) is 0 Å². The smallest absolute Gasteiger partial charge is 0.172 e. The highest BCUT2D eigenvalue weighted by molar-refractivity contribution is 5.75. The van der Waals surface area contributed by atoms with E-state index >= 15 is 0 Å². The molecule has 2 aromatic heterocycles. The van der Waals surface area contributed by atoms with Crippen molar-refractivity contribution in [2.75, 3.05) is 11.9 Å². The maximum atomic E-state index is 14.8. The van der Waals surface area contributed by atoms with Gasteiger partial charge < -0.3 is 15.7 Å². The zero-order valence-electron chi connectivity index (χ0n) is 18.0. The summed E-state index contributed by atoms with van der Waals surface area (Å²) in [5, 5.41) is 31.9. The zero-order valence-corrected chi connectivity index (χ0v) is 18.0. The molecule has 32 heavy (non-hydrogen) atoms. The van der Waals surface area contributed by atoms with E-state index in [-0.39, 0.29) is 27.9 Å². The predicted octanol–water partition coefficient (Wildman–Crippen LogP) is 4.24. The van der Waals surface area contributed by atoms with E-state index in [1.165, 1.54) is 37.4 Å². The van der Waals surface area contributed by atoms with Gasteiger partial charge in [0.2, 0.25) is 0 Å². The van der Waals surface area contributed by atoms with Gasteiger partial charge in [0.25, 0.3) is 0 Å². The molecule has 2 unspecified atom stereocenters. The van der Waals surface area contributed by atoms with Crippen molar-refractivity contribution in [3.63, 3.8) is 0 Å². The molecule has 7 nitrogen and oxygen atoms in total. The molecular formula is C23H26F2N6O. The van der Waals surface area contributed by atoms with Crippen molar-refractivity contribution in [3.05, 3.63) is 42.2 Å². The second-order valence-corrected chi connectivity index (χ2v) is 9.64. The summed E-state index contributed by atoms with van der Waals surface area (Å²) in [5.41, 5.74) is 0.380. The Kier molecular flexibility index (Phi) is 4.88. The SMILES string of the molecule is CC12CCC(C)(CC(CNc3ccc(-c4c(O)cc(-c5cn[nH]c5)c(F)c4F)nn3)C1)N2. The third kappa shape index (κ3) is 3.70. The average molecular weight is 440 g/mol. The Labute approximate surface area is 184 Å². The van der Waals surface area contributed by atoms with Crippen LogP contribution < -0.4 is 10.6 Å². The fraction of sp³-hybridized carbons (Fsp3) is 0.435. The number of nitrogens with one attached hydrogen (secondary N) is 3. The number of aromatic nitrogens is 4. The third-order valence-electron chi connectivity index (χ3n) is 6.80. The van der Waals surface area contributed by atoms with Crippen LogP contribution >= 0.6 is 0 Å². The number of fused-ring (bicyclic) bond motifs is 2. The molecule has 3 aromatic rings. The maximum absolute atomic E-state index is 14.8. The van der Waals surface area contributed by atoms with Crippen molar-refractivity contribution < 1.29 is 13.9 Å². The first-order chi connectivity index (χ1) is 15.3. The van der Waals surface area contributed by atoms with Gasteiger partial charge in [0.05, 0.1) is 17.5 Å². The molecule has 2 bridgehead atoms. The minimum absolute atomic E-state index is 0.0585. The number of nitrogens with zero attached hydrogens (tertiary/aromatic N) is 3. The van der Waals surface area contributed by atoms with E-state index in [0.29, 0.717) is 17.3 Å². The molecule has 1 aromatic carbocycles. The zero-order chi connectivity index (χ0) is 22.5. The van der Waals surface area contributed by atoms with Crippen molar-refractivity contribution in [3.8, 4) is 28.1 Å². The van der Waals surface area contributed by atoms with Crippen LogP contribution in [0.1, 0.15) is 39.5 Å².